The zero-order valence-electron chi connectivity index (χ0n) is 19.1. The largest absolute Gasteiger partial charge is 0.347 e. The molecule has 27 heavy (non-hydrogen) atoms. The van der Waals surface area contributed by atoms with Crippen molar-refractivity contribution in [3.63, 3.8) is 0 Å². The van der Waals surface area contributed by atoms with Gasteiger partial charge in [0.1, 0.15) is 5.78 Å². The van der Waals surface area contributed by atoms with Gasteiger partial charge in [0.25, 0.3) is 0 Å². The van der Waals surface area contributed by atoms with Crippen LogP contribution in [0.2, 0.25) is 0 Å². The number of rotatable bonds is 12. The monoisotopic (exact) mass is 404 g/mol. The minimum Gasteiger partial charge on any atom is -0.308 e. The molecule has 5 nitrogen and oxygen atoms in total. The van der Waals surface area contributed by atoms with E-state index >= 15 is 0 Å². The number of hydrogen-bond donors (Lipinski definition) is 1. The van der Waals surface area contributed by atoms with Gasteiger partial charge in [0.2, 0.25) is 0 Å². The summed E-state index contributed by atoms with van der Waals surface area (Å²) in [6, 6.07) is 0.302. The fourth-order valence-electron chi connectivity index (χ4n) is 4.44. The van der Waals surface area contributed by atoms with Gasteiger partial charge >= 0.3 is 7.60 Å². The van der Waals surface area contributed by atoms with Crippen LogP contribution in [0.1, 0.15) is 93.4 Å². The minimum atomic E-state index is -3.17. The molecular weight excluding hydrogens is 359 g/mol. The molecule has 1 atom stereocenters. The van der Waals surface area contributed by atoms with E-state index in [4.69, 9.17) is 9.05 Å². The molecule has 0 aromatic heterocycles. The Hall–Kier alpha value is 0.0700. The molecule has 1 aliphatic heterocycles. The van der Waals surface area contributed by atoms with E-state index in [2.05, 4.69) is 51.9 Å². The van der Waals surface area contributed by atoms with Crippen molar-refractivity contribution in [1.29, 1.82) is 0 Å². The summed E-state index contributed by atoms with van der Waals surface area (Å²) >= 11 is 0. The predicted molar refractivity (Wildman–Crippen MR) is 115 cm³/mol. The average Bonchev–Trinajstić information content (AvgIpc) is 2.55. The van der Waals surface area contributed by atoms with Crippen molar-refractivity contribution < 1.29 is 13.6 Å². The third kappa shape index (κ3) is 7.12. The third-order valence-electron chi connectivity index (χ3n) is 6.07. The summed E-state index contributed by atoms with van der Waals surface area (Å²) in [6.45, 7) is 16.0. The van der Waals surface area contributed by atoms with Crippen LogP contribution in [0.15, 0.2) is 0 Å². The van der Waals surface area contributed by atoms with Gasteiger partial charge in [0, 0.05) is 17.1 Å². The fourth-order valence-corrected chi connectivity index (χ4v) is 6.48. The smallest absolute Gasteiger partial charge is 0.308 e. The second-order valence-electron chi connectivity index (χ2n) is 9.20. The first-order valence-electron chi connectivity index (χ1n) is 10.9. The summed E-state index contributed by atoms with van der Waals surface area (Å²) in [4.78, 5) is 2.47. The summed E-state index contributed by atoms with van der Waals surface area (Å²) in [5.41, 5.74) is 0.181. The molecule has 1 N–H and O–H groups in total. The highest BCUT2D eigenvalue weighted by Gasteiger charge is 2.45. The van der Waals surface area contributed by atoms with Crippen molar-refractivity contribution >= 4 is 7.60 Å². The van der Waals surface area contributed by atoms with Crippen LogP contribution in [0, 0.1) is 0 Å². The van der Waals surface area contributed by atoms with Gasteiger partial charge in [-0.2, -0.15) is 0 Å². The first-order valence-corrected chi connectivity index (χ1v) is 12.5. The predicted octanol–water partition coefficient (Wildman–Crippen LogP) is 5.79. The maximum atomic E-state index is 13.5. The summed E-state index contributed by atoms with van der Waals surface area (Å²) in [5.74, 6) is -0.228. The molecule has 0 bridgehead atoms. The van der Waals surface area contributed by atoms with E-state index in [1.807, 2.05) is 13.8 Å². The molecule has 0 amide bonds. The maximum Gasteiger partial charge on any atom is 0.347 e. The molecule has 1 fully saturated rings. The molecular formula is C21H45N2O3P. The first kappa shape index (κ1) is 25.1. The Morgan fingerprint density at radius 1 is 1.00 bits per heavy atom. The number of nitrogens with one attached hydrogen (secondary N) is 1. The van der Waals surface area contributed by atoms with Crippen molar-refractivity contribution in [3.8, 4) is 0 Å². The van der Waals surface area contributed by atoms with Gasteiger partial charge in [-0.25, -0.2) is 0 Å². The Morgan fingerprint density at radius 2 is 1.52 bits per heavy atom. The van der Waals surface area contributed by atoms with E-state index in [1.165, 1.54) is 12.8 Å². The van der Waals surface area contributed by atoms with Crippen LogP contribution in [-0.4, -0.2) is 48.1 Å². The lowest BCUT2D eigenvalue weighted by Gasteiger charge is -2.54. The number of nitrogens with zero attached hydrogens (tertiary/aromatic N) is 1. The van der Waals surface area contributed by atoms with Gasteiger partial charge in [0.15, 0.2) is 0 Å². The third-order valence-corrected chi connectivity index (χ3v) is 8.47. The fraction of sp³-hybridized carbons (Fsp3) is 1.00. The van der Waals surface area contributed by atoms with Crippen molar-refractivity contribution in [2.45, 2.75) is 116 Å². The minimum absolute atomic E-state index is 0.0907. The second kappa shape index (κ2) is 10.7. The average molecular weight is 405 g/mol. The topological polar surface area (TPSA) is 50.8 Å². The lowest BCUT2D eigenvalue weighted by atomic mass is 9.77. The number of piperidine rings is 1. The van der Waals surface area contributed by atoms with E-state index in [1.54, 1.807) is 0 Å². The van der Waals surface area contributed by atoms with Gasteiger partial charge in [-0.05, 0) is 67.9 Å². The van der Waals surface area contributed by atoms with E-state index in [0.29, 0.717) is 19.3 Å². The zero-order valence-corrected chi connectivity index (χ0v) is 20.0. The highest BCUT2D eigenvalue weighted by Crippen LogP contribution is 2.54. The standard InChI is InChI=1S/C21H45N2O3P/c1-9-12-13-14-15-19(27(24,25-10-2)26-11-3)22-18-16-20(4,5)23(8)21(6,7)17-18/h18-19,22H,9-17H2,1-8H3. The first-order chi connectivity index (χ1) is 12.5. The molecule has 1 saturated heterocycles. The van der Waals surface area contributed by atoms with Crippen LogP contribution >= 0.6 is 7.60 Å². The van der Waals surface area contributed by atoms with Gasteiger partial charge < -0.3 is 14.4 Å². The Kier molecular flexibility index (Phi) is 9.98. The van der Waals surface area contributed by atoms with Crippen molar-refractivity contribution in [3.05, 3.63) is 0 Å². The maximum absolute atomic E-state index is 13.5. The normalized spacial score (nSPS) is 22.1. The van der Waals surface area contributed by atoms with Crippen molar-refractivity contribution in [2.75, 3.05) is 20.3 Å². The van der Waals surface area contributed by atoms with Crippen LogP contribution in [0.25, 0.3) is 0 Å². The SMILES string of the molecule is CCCCCCC(NC1CC(C)(C)N(C)C(C)(C)C1)P(=O)(OCC)OCC. The van der Waals surface area contributed by atoms with Gasteiger partial charge in [0.05, 0.1) is 13.2 Å². The van der Waals surface area contributed by atoms with Gasteiger partial charge in [-0.1, -0.05) is 32.6 Å². The molecule has 0 aliphatic carbocycles. The quantitative estimate of drug-likeness (QED) is 0.329. The lowest BCUT2D eigenvalue weighted by molar-refractivity contribution is -0.0194. The number of likely N-dealkylation sites (tertiary alicyclic amines) is 1. The molecule has 0 saturated carbocycles. The molecule has 0 aromatic carbocycles. The molecule has 0 radical (unpaired) electrons. The van der Waals surface area contributed by atoms with Gasteiger partial charge in [-0.3, -0.25) is 9.46 Å². The lowest BCUT2D eigenvalue weighted by Crippen LogP contribution is -2.63. The Labute approximate surface area is 168 Å². The molecule has 0 spiro atoms. The van der Waals surface area contributed by atoms with Crippen molar-refractivity contribution in [1.82, 2.24) is 10.2 Å². The van der Waals surface area contributed by atoms with E-state index in [0.717, 1.165) is 32.1 Å². The summed E-state index contributed by atoms with van der Waals surface area (Å²) in [7, 11) is -0.956. The highest BCUT2D eigenvalue weighted by molar-refractivity contribution is 7.54. The van der Waals surface area contributed by atoms with Crippen LogP contribution in [0.5, 0.6) is 0 Å². The van der Waals surface area contributed by atoms with Crippen LogP contribution < -0.4 is 5.32 Å². The molecule has 1 aliphatic rings. The molecule has 1 unspecified atom stereocenters. The Balaban J connectivity index is 2.96. The number of unbranched alkanes of at least 4 members (excludes halogenated alkanes) is 3. The van der Waals surface area contributed by atoms with E-state index in [9.17, 15) is 4.57 Å². The van der Waals surface area contributed by atoms with Crippen LogP contribution in [0.3, 0.4) is 0 Å². The van der Waals surface area contributed by atoms with E-state index < -0.39 is 7.60 Å². The Morgan fingerprint density at radius 3 is 1.96 bits per heavy atom. The van der Waals surface area contributed by atoms with Crippen molar-refractivity contribution in [2.24, 2.45) is 0 Å². The highest BCUT2D eigenvalue weighted by atomic mass is 31.2. The molecule has 6 heteroatoms. The van der Waals surface area contributed by atoms with E-state index in [-0.39, 0.29) is 16.9 Å². The molecule has 162 valence electrons. The summed E-state index contributed by atoms with van der Waals surface area (Å²) in [5, 5.41) is 3.74. The molecule has 0 aromatic rings. The Bertz CT molecular complexity index is 454. The zero-order chi connectivity index (χ0) is 20.7. The molecule has 1 rings (SSSR count). The number of hydrogen-bond acceptors (Lipinski definition) is 5. The molecule has 1 heterocycles. The summed E-state index contributed by atoms with van der Waals surface area (Å²) in [6.07, 6.45) is 7.52. The van der Waals surface area contributed by atoms with Crippen LogP contribution in [0.4, 0.5) is 0 Å². The van der Waals surface area contributed by atoms with Gasteiger partial charge in [-0.15, -0.1) is 0 Å². The summed E-state index contributed by atoms with van der Waals surface area (Å²) < 4.78 is 25.0. The van der Waals surface area contributed by atoms with Crippen LogP contribution in [-0.2, 0) is 13.6 Å². The second-order valence-corrected chi connectivity index (χ2v) is 11.4.